The normalized spacial score (nSPS) is 16.4. The average molecular weight is 550 g/mol. The lowest BCUT2D eigenvalue weighted by molar-refractivity contribution is -0.120. The van der Waals surface area contributed by atoms with E-state index in [4.69, 9.17) is 14.5 Å². The minimum absolute atomic E-state index is 0.0831. The Morgan fingerprint density at radius 1 is 0.974 bits per heavy atom. The molecule has 1 saturated heterocycles. The van der Waals surface area contributed by atoms with Crippen molar-refractivity contribution in [1.82, 2.24) is 9.29 Å². The fourth-order valence-electron chi connectivity index (χ4n) is 4.81. The molecule has 6 rings (SSSR count). The summed E-state index contributed by atoms with van der Waals surface area (Å²) < 4.78 is 40.0. The van der Waals surface area contributed by atoms with Crippen molar-refractivity contribution in [2.75, 3.05) is 31.6 Å². The number of amides is 1. The van der Waals surface area contributed by atoms with E-state index >= 15 is 0 Å². The van der Waals surface area contributed by atoms with Crippen LogP contribution >= 0.6 is 11.3 Å². The number of ether oxygens (including phenoxy) is 2. The van der Waals surface area contributed by atoms with Crippen LogP contribution in [0.1, 0.15) is 23.4 Å². The molecule has 4 aromatic rings. The third-order valence-electron chi connectivity index (χ3n) is 6.89. The predicted molar refractivity (Wildman–Crippen MR) is 146 cm³/mol. The number of carbonyl (C=O) groups is 1. The van der Waals surface area contributed by atoms with Crippen molar-refractivity contribution in [3.05, 3.63) is 77.3 Å². The number of fused-ring (bicyclic) bond motifs is 2. The van der Waals surface area contributed by atoms with Gasteiger partial charge in [0.05, 0.1) is 20.1 Å². The molecule has 1 aromatic heterocycles. The lowest BCUT2D eigenvalue weighted by Crippen LogP contribution is -2.41. The fourth-order valence-corrected chi connectivity index (χ4v) is 7.30. The number of hydrogen-bond acceptors (Lipinski definition) is 7. The summed E-state index contributed by atoms with van der Waals surface area (Å²) in [6.07, 6.45) is 1.67. The molecule has 1 N–H and O–H groups in total. The highest BCUT2D eigenvalue weighted by Crippen LogP contribution is 2.34. The lowest BCUT2D eigenvalue weighted by Gasteiger charge is -2.30. The van der Waals surface area contributed by atoms with Crippen LogP contribution in [0.2, 0.25) is 0 Å². The van der Waals surface area contributed by atoms with Gasteiger partial charge >= 0.3 is 0 Å². The van der Waals surface area contributed by atoms with E-state index in [2.05, 4.69) is 11.4 Å². The number of benzene rings is 3. The predicted octanol–water partition coefficient (Wildman–Crippen LogP) is 4.70. The number of anilines is 1. The van der Waals surface area contributed by atoms with Crippen molar-refractivity contribution < 1.29 is 22.7 Å². The highest BCUT2D eigenvalue weighted by molar-refractivity contribution is 7.89. The summed E-state index contributed by atoms with van der Waals surface area (Å²) in [6.45, 7) is 1.41. The fraction of sp³-hybridized carbons (Fsp3) is 0.286. The molecule has 3 aromatic carbocycles. The van der Waals surface area contributed by atoms with Crippen LogP contribution < -0.4 is 14.8 Å². The molecule has 0 saturated carbocycles. The molecule has 196 valence electrons. The van der Waals surface area contributed by atoms with Crippen molar-refractivity contribution >= 4 is 43.2 Å². The number of nitrogens with zero attached hydrogens (tertiary/aromatic N) is 2. The third kappa shape index (κ3) is 5.11. The first kappa shape index (κ1) is 24.8. The summed E-state index contributed by atoms with van der Waals surface area (Å²) in [5.41, 5.74) is 2.87. The van der Waals surface area contributed by atoms with Gasteiger partial charge in [0.15, 0.2) is 11.5 Å². The number of rotatable bonds is 6. The molecule has 0 spiro atoms. The Morgan fingerprint density at radius 3 is 2.47 bits per heavy atom. The van der Waals surface area contributed by atoms with E-state index in [1.54, 1.807) is 23.5 Å². The van der Waals surface area contributed by atoms with E-state index in [-0.39, 0.29) is 29.8 Å². The number of aromatic nitrogens is 1. The Morgan fingerprint density at radius 2 is 1.71 bits per heavy atom. The number of piperidine rings is 1. The molecule has 1 amide bonds. The van der Waals surface area contributed by atoms with Crippen molar-refractivity contribution in [3.63, 3.8) is 0 Å². The summed E-state index contributed by atoms with van der Waals surface area (Å²) >= 11 is 1.69. The second-order valence-electron chi connectivity index (χ2n) is 9.42. The monoisotopic (exact) mass is 549 g/mol. The summed E-state index contributed by atoms with van der Waals surface area (Å²) in [6, 6.07) is 20.6. The van der Waals surface area contributed by atoms with Gasteiger partial charge in [-0.1, -0.05) is 24.3 Å². The highest BCUT2D eigenvalue weighted by Gasteiger charge is 2.33. The molecule has 0 unspecified atom stereocenters. The summed E-state index contributed by atoms with van der Waals surface area (Å²) in [5.74, 6) is 0.664. The van der Waals surface area contributed by atoms with Crippen LogP contribution in [-0.4, -0.2) is 49.9 Å². The van der Waals surface area contributed by atoms with Gasteiger partial charge in [-0.15, -0.1) is 11.3 Å². The summed E-state index contributed by atoms with van der Waals surface area (Å²) in [7, 11) is -3.68. The number of carbonyl (C=O) groups excluding carboxylic acids is 1. The van der Waals surface area contributed by atoms with Crippen LogP contribution in [0, 0.1) is 5.92 Å². The first-order valence-corrected chi connectivity index (χ1v) is 14.9. The van der Waals surface area contributed by atoms with Gasteiger partial charge in [-0.3, -0.25) is 4.79 Å². The Labute approximate surface area is 225 Å². The molecular formula is C28H27N3O5S2. The Hall–Kier alpha value is -3.47. The largest absolute Gasteiger partial charge is 0.486 e. The minimum Gasteiger partial charge on any atom is -0.486 e. The first-order valence-electron chi connectivity index (χ1n) is 12.6. The van der Waals surface area contributed by atoms with Gasteiger partial charge < -0.3 is 14.8 Å². The zero-order valence-corrected chi connectivity index (χ0v) is 22.3. The van der Waals surface area contributed by atoms with E-state index in [9.17, 15) is 13.2 Å². The van der Waals surface area contributed by atoms with Gasteiger partial charge in [0, 0.05) is 37.2 Å². The maximum atomic E-state index is 13.2. The minimum atomic E-state index is -3.68. The number of nitrogens with one attached hydrogen (secondary N) is 1. The van der Waals surface area contributed by atoms with Crippen LogP contribution in [0.25, 0.3) is 10.2 Å². The molecule has 1 fully saturated rings. The second-order valence-corrected chi connectivity index (χ2v) is 12.5. The zero-order chi connectivity index (χ0) is 26.1. The molecule has 0 atom stereocenters. The lowest BCUT2D eigenvalue weighted by atomic mass is 9.97. The third-order valence-corrected chi connectivity index (χ3v) is 9.82. The van der Waals surface area contributed by atoms with Gasteiger partial charge in [0.25, 0.3) is 0 Å². The Balaban J connectivity index is 1.04. The molecule has 0 bridgehead atoms. The molecule has 2 aliphatic rings. The number of hydrogen-bond donors (Lipinski definition) is 1. The SMILES string of the molecule is O=C(Nc1ccc(Cc2nc3ccccc3s2)cc1)C1CCN(S(=O)(=O)c2ccc3c(c2)OCCO3)CC1. The quantitative estimate of drug-likeness (QED) is 0.375. The second kappa shape index (κ2) is 10.4. The Bertz CT molecular complexity index is 1540. The molecular weight excluding hydrogens is 522 g/mol. The molecule has 2 aliphatic heterocycles. The van der Waals surface area contributed by atoms with Crippen molar-refractivity contribution in [1.29, 1.82) is 0 Å². The zero-order valence-electron chi connectivity index (χ0n) is 20.6. The van der Waals surface area contributed by atoms with Gasteiger partial charge in [-0.05, 0) is 54.8 Å². The van der Waals surface area contributed by atoms with Gasteiger partial charge in [0.2, 0.25) is 15.9 Å². The summed E-state index contributed by atoms with van der Waals surface area (Å²) in [5, 5.41) is 4.05. The smallest absolute Gasteiger partial charge is 0.243 e. The van der Waals surface area contributed by atoms with Crippen LogP contribution in [0.5, 0.6) is 11.5 Å². The molecule has 10 heteroatoms. The van der Waals surface area contributed by atoms with Crippen molar-refractivity contribution in [3.8, 4) is 11.5 Å². The first-order chi connectivity index (χ1) is 18.5. The number of sulfonamides is 1. The van der Waals surface area contributed by atoms with Crippen LogP contribution in [-0.2, 0) is 21.2 Å². The molecule has 8 nitrogen and oxygen atoms in total. The number of para-hydroxylation sites is 1. The van der Waals surface area contributed by atoms with Crippen molar-refractivity contribution in [2.45, 2.75) is 24.2 Å². The van der Waals surface area contributed by atoms with E-state index in [1.807, 2.05) is 42.5 Å². The number of thiazole rings is 1. The van der Waals surface area contributed by atoms with Gasteiger partial charge in [-0.2, -0.15) is 4.31 Å². The van der Waals surface area contributed by atoms with Gasteiger partial charge in [-0.25, -0.2) is 13.4 Å². The van der Waals surface area contributed by atoms with Crippen LogP contribution in [0.3, 0.4) is 0 Å². The molecule has 0 radical (unpaired) electrons. The van der Waals surface area contributed by atoms with Crippen molar-refractivity contribution in [2.24, 2.45) is 5.92 Å². The van der Waals surface area contributed by atoms with E-state index in [1.165, 1.54) is 15.1 Å². The van der Waals surface area contributed by atoms with Crippen LogP contribution in [0.15, 0.2) is 71.6 Å². The standard InChI is InChI=1S/C28H27N3O5S2/c32-28(29-21-7-5-19(6-8-21)17-27-30-23-3-1-2-4-26(23)37-27)20-11-13-31(14-12-20)38(33,34)22-9-10-24-25(18-22)36-16-15-35-24/h1-10,18,20H,11-17H2,(H,29,32). The maximum Gasteiger partial charge on any atom is 0.243 e. The Kier molecular flexibility index (Phi) is 6.77. The van der Waals surface area contributed by atoms with E-state index < -0.39 is 10.0 Å². The molecule has 0 aliphatic carbocycles. The van der Waals surface area contributed by atoms with E-state index in [0.29, 0.717) is 37.6 Å². The van der Waals surface area contributed by atoms with Gasteiger partial charge in [0.1, 0.15) is 13.2 Å². The van der Waals surface area contributed by atoms with E-state index in [0.717, 1.165) is 28.2 Å². The van der Waals surface area contributed by atoms with Crippen LogP contribution in [0.4, 0.5) is 5.69 Å². The average Bonchev–Trinajstić information content (AvgIpc) is 3.36. The topological polar surface area (TPSA) is 97.8 Å². The highest BCUT2D eigenvalue weighted by atomic mass is 32.2. The maximum absolute atomic E-state index is 13.2. The summed E-state index contributed by atoms with van der Waals surface area (Å²) in [4.78, 5) is 17.8. The molecule has 3 heterocycles. The molecule has 38 heavy (non-hydrogen) atoms.